The predicted molar refractivity (Wildman–Crippen MR) is 81.1 cm³/mol. The van der Waals surface area contributed by atoms with Crippen molar-refractivity contribution in [1.82, 2.24) is 4.98 Å². The van der Waals surface area contributed by atoms with Gasteiger partial charge in [-0.15, -0.1) is 0 Å². The molecule has 1 aromatic carbocycles. The molecule has 0 aliphatic heterocycles. The second kappa shape index (κ2) is 3.62. The fraction of sp³-hybridized carbons (Fsp3) is 0.438. The Hall–Kier alpha value is -1.77. The zero-order valence-electron chi connectivity index (χ0n) is 12.0. The third-order valence-corrected chi connectivity index (χ3v) is 5.18. The summed E-state index contributed by atoms with van der Waals surface area (Å²) in [5.41, 5.74) is 8.73. The van der Waals surface area contributed by atoms with Crippen LogP contribution in [0.15, 0.2) is 30.6 Å². The van der Waals surface area contributed by atoms with Crippen LogP contribution in [0.1, 0.15) is 27.7 Å². The van der Waals surface area contributed by atoms with E-state index in [4.69, 9.17) is 5.73 Å². The Morgan fingerprint density at radius 1 is 1.11 bits per heavy atom. The normalized spacial score (nSPS) is 20.4. The topological polar surface area (TPSA) is 50.9 Å². The van der Waals surface area contributed by atoms with Crippen LogP contribution in [-0.2, 0) is 0 Å². The summed E-state index contributed by atoms with van der Waals surface area (Å²) < 4.78 is 0. The van der Waals surface area contributed by atoms with Crippen LogP contribution in [-0.4, -0.2) is 11.0 Å². The lowest BCUT2D eigenvalue weighted by molar-refractivity contribution is 0.457. The maximum atomic E-state index is 6.28. The summed E-state index contributed by atoms with van der Waals surface area (Å²) in [5.74, 6) is 0. The Balaban J connectivity index is 1.97. The first-order chi connectivity index (χ1) is 8.85. The minimum atomic E-state index is 0.298. The lowest BCUT2D eigenvalue weighted by Crippen LogP contribution is -2.11. The highest BCUT2D eigenvalue weighted by Gasteiger charge is 2.65. The molecule has 0 spiro atoms. The minimum absolute atomic E-state index is 0.298. The molecule has 0 unspecified atom stereocenters. The highest BCUT2D eigenvalue weighted by Crippen LogP contribution is 2.64. The van der Waals surface area contributed by atoms with Crippen molar-refractivity contribution in [1.29, 1.82) is 0 Å². The van der Waals surface area contributed by atoms with Crippen molar-refractivity contribution in [2.75, 3.05) is 11.1 Å². The van der Waals surface area contributed by atoms with E-state index in [1.807, 2.05) is 12.3 Å². The van der Waals surface area contributed by atoms with Crippen LogP contribution in [0.3, 0.4) is 0 Å². The van der Waals surface area contributed by atoms with Gasteiger partial charge in [0.25, 0.3) is 0 Å². The number of hydrogen-bond donors (Lipinski definition) is 2. The summed E-state index contributed by atoms with van der Waals surface area (Å²) in [4.78, 5) is 4.13. The molecule has 3 nitrogen and oxygen atoms in total. The van der Waals surface area contributed by atoms with Crippen molar-refractivity contribution in [3.05, 3.63) is 30.6 Å². The van der Waals surface area contributed by atoms with E-state index in [2.05, 4.69) is 50.1 Å². The largest absolute Gasteiger partial charge is 0.397 e. The first-order valence-electron chi connectivity index (χ1n) is 6.74. The van der Waals surface area contributed by atoms with Gasteiger partial charge in [0.2, 0.25) is 0 Å². The van der Waals surface area contributed by atoms with E-state index >= 15 is 0 Å². The molecular weight excluding hydrogens is 234 g/mol. The van der Waals surface area contributed by atoms with Crippen LogP contribution in [0.2, 0.25) is 0 Å². The highest BCUT2D eigenvalue weighted by atomic mass is 15.1. The smallest absolute Gasteiger partial charge is 0.0630 e. The lowest BCUT2D eigenvalue weighted by Gasteiger charge is -2.13. The average molecular weight is 255 g/mol. The third-order valence-electron chi connectivity index (χ3n) is 5.18. The maximum absolute atomic E-state index is 6.28. The van der Waals surface area contributed by atoms with Gasteiger partial charge in [-0.05, 0) is 23.0 Å². The van der Waals surface area contributed by atoms with Gasteiger partial charge in [-0.1, -0.05) is 33.8 Å². The molecule has 19 heavy (non-hydrogen) atoms. The standard InChI is InChI=1S/C16H21N3/c1-15(2)14(16(15,3)4)19-12-6-5-10-9-18-8-7-11(10)13(12)17/h5-9,14,19H,17H2,1-4H3. The van der Waals surface area contributed by atoms with E-state index in [0.717, 1.165) is 22.1 Å². The van der Waals surface area contributed by atoms with E-state index in [1.165, 1.54) is 0 Å². The van der Waals surface area contributed by atoms with Crippen LogP contribution >= 0.6 is 0 Å². The van der Waals surface area contributed by atoms with Crippen molar-refractivity contribution in [2.45, 2.75) is 33.7 Å². The second-order valence-electron chi connectivity index (χ2n) is 6.64. The lowest BCUT2D eigenvalue weighted by atomic mass is 10.0. The number of nitrogens with zero attached hydrogens (tertiary/aromatic N) is 1. The number of benzene rings is 1. The molecule has 3 rings (SSSR count). The van der Waals surface area contributed by atoms with Gasteiger partial charge in [-0.2, -0.15) is 0 Å². The number of anilines is 2. The fourth-order valence-corrected chi connectivity index (χ4v) is 3.03. The van der Waals surface area contributed by atoms with Crippen molar-refractivity contribution >= 4 is 22.1 Å². The Morgan fingerprint density at radius 3 is 2.42 bits per heavy atom. The predicted octanol–water partition coefficient (Wildman–Crippen LogP) is 3.66. The Labute approximate surface area is 114 Å². The monoisotopic (exact) mass is 255 g/mol. The van der Waals surface area contributed by atoms with Gasteiger partial charge in [0.15, 0.2) is 0 Å². The summed E-state index contributed by atoms with van der Waals surface area (Å²) in [6.45, 7) is 9.19. The molecule has 0 saturated heterocycles. The average Bonchev–Trinajstić information content (AvgIpc) is 2.75. The van der Waals surface area contributed by atoms with Gasteiger partial charge in [-0.25, -0.2) is 0 Å². The quantitative estimate of drug-likeness (QED) is 0.805. The summed E-state index contributed by atoms with van der Waals surface area (Å²) in [7, 11) is 0. The number of pyridine rings is 1. The molecule has 0 radical (unpaired) electrons. The molecule has 100 valence electrons. The van der Waals surface area contributed by atoms with Gasteiger partial charge in [0.05, 0.1) is 11.4 Å². The molecule has 3 heteroatoms. The number of hydrogen-bond acceptors (Lipinski definition) is 3. The number of fused-ring (bicyclic) bond motifs is 1. The van der Waals surface area contributed by atoms with E-state index in [9.17, 15) is 0 Å². The van der Waals surface area contributed by atoms with Crippen LogP contribution in [0.4, 0.5) is 11.4 Å². The molecule has 1 heterocycles. The fourth-order valence-electron chi connectivity index (χ4n) is 3.03. The number of nitrogens with two attached hydrogens (primary N) is 1. The second-order valence-corrected chi connectivity index (χ2v) is 6.64. The van der Waals surface area contributed by atoms with Crippen LogP contribution in [0.5, 0.6) is 0 Å². The van der Waals surface area contributed by atoms with Crippen molar-refractivity contribution in [3.63, 3.8) is 0 Å². The van der Waals surface area contributed by atoms with E-state index in [-0.39, 0.29) is 0 Å². The molecule has 0 bridgehead atoms. The van der Waals surface area contributed by atoms with E-state index in [1.54, 1.807) is 6.20 Å². The van der Waals surface area contributed by atoms with E-state index in [0.29, 0.717) is 16.9 Å². The van der Waals surface area contributed by atoms with Crippen LogP contribution < -0.4 is 11.1 Å². The Kier molecular flexibility index (Phi) is 2.34. The molecule has 3 N–H and O–H groups in total. The van der Waals surface area contributed by atoms with Gasteiger partial charge in [0.1, 0.15) is 0 Å². The number of aromatic nitrogens is 1. The number of nitrogens with one attached hydrogen (secondary N) is 1. The Bertz CT molecular complexity index is 629. The molecule has 0 atom stereocenters. The molecule has 2 aromatic rings. The summed E-state index contributed by atoms with van der Waals surface area (Å²) >= 11 is 0. The molecule has 0 amide bonds. The molecule has 1 fully saturated rings. The zero-order chi connectivity index (χ0) is 13.8. The molecule has 1 saturated carbocycles. The maximum Gasteiger partial charge on any atom is 0.0630 e. The highest BCUT2D eigenvalue weighted by molar-refractivity contribution is 5.98. The third kappa shape index (κ3) is 1.61. The molecule has 1 aliphatic rings. The van der Waals surface area contributed by atoms with E-state index < -0.39 is 0 Å². The van der Waals surface area contributed by atoms with Gasteiger partial charge in [0, 0.05) is 29.2 Å². The zero-order valence-corrected chi connectivity index (χ0v) is 12.0. The summed E-state index contributed by atoms with van der Waals surface area (Å²) in [6, 6.07) is 6.56. The van der Waals surface area contributed by atoms with Crippen LogP contribution in [0.25, 0.3) is 10.8 Å². The van der Waals surface area contributed by atoms with Crippen molar-refractivity contribution in [2.24, 2.45) is 10.8 Å². The number of rotatable bonds is 2. The Morgan fingerprint density at radius 2 is 1.79 bits per heavy atom. The summed E-state index contributed by atoms with van der Waals surface area (Å²) in [6.07, 6.45) is 3.63. The van der Waals surface area contributed by atoms with Crippen molar-refractivity contribution in [3.8, 4) is 0 Å². The molecule has 1 aromatic heterocycles. The minimum Gasteiger partial charge on any atom is -0.397 e. The SMILES string of the molecule is CC1(C)C(Nc2ccc3cnccc3c2N)C1(C)C. The molecule has 1 aliphatic carbocycles. The first kappa shape index (κ1) is 12.3. The number of nitrogen functional groups attached to an aromatic ring is 1. The van der Waals surface area contributed by atoms with Crippen molar-refractivity contribution < 1.29 is 0 Å². The molecular formula is C16H21N3. The van der Waals surface area contributed by atoms with Crippen LogP contribution in [0, 0.1) is 10.8 Å². The van der Waals surface area contributed by atoms with Gasteiger partial charge < -0.3 is 11.1 Å². The first-order valence-corrected chi connectivity index (χ1v) is 6.74. The van der Waals surface area contributed by atoms with Gasteiger partial charge >= 0.3 is 0 Å². The van der Waals surface area contributed by atoms with Gasteiger partial charge in [-0.3, -0.25) is 4.98 Å². The summed E-state index contributed by atoms with van der Waals surface area (Å²) in [5, 5.41) is 5.76.